The van der Waals surface area contributed by atoms with Gasteiger partial charge in [0.25, 0.3) is 0 Å². The molecule has 0 aliphatic heterocycles. The fourth-order valence-corrected chi connectivity index (χ4v) is 2.51. The van der Waals surface area contributed by atoms with E-state index < -0.39 is 32.5 Å². The fraction of sp³-hybridized carbons (Fsp3) is 0.385. The van der Waals surface area contributed by atoms with Crippen LogP contribution in [0.15, 0.2) is 35.3 Å². The van der Waals surface area contributed by atoms with Crippen LogP contribution in [0.4, 0.5) is 17.6 Å². The fourth-order valence-electron chi connectivity index (χ4n) is 1.54. The van der Waals surface area contributed by atoms with Crippen LogP contribution in [0, 0.1) is 11.5 Å². The van der Waals surface area contributed by atoms with Crippen LogP contribution in [0.25, 0.3) is 0 Å². The molecule has 0 fully saturated rings. The minimum Gasteiger partial charge on any atom is -0.254 e. The number of nitriles is 1. The van der Waals surface area contributed by atoms with Crippen molar-refractivity contribution in [1.82, 2.24) is 4.98 Å². The molecule has 0 saturated carbocycles. The van der Waals surface area contributed by atoms with Gasteiger partial charge in [0, 0.05) is 12.5 Å². The van der Waals surface area contributed by atoms with Crippen molar-refractivity contribution < 1.29 is 21.8 Å². The van der Waals surface area contributed by atoms with Gasteiger partial charge in [0.1, 0.15) is 5.69 Å². The second kappa shape index (κ2) is 6.04. The first kappa shape index (κ1) is 18.1. The van der Waals surface area contributed by atoms with Gasteiger partial charge in [-0.1, -0.05) is 12.6 Å². The molecular formula is C13H13F4N3OS. The van der Waals surface area contributed by atoms with E-state index in [1.165, 1.54) is 19.4 Å². The van der Waals surface area contributed by atoms with E-state index in [-0.39, 0.29) is 11.6 Å². The summed E-state index contributed by atoms with van der Waals surface area (Å²) in [5, 5.41) is 7.69. The van der Waals surface area contributed by atoms with E-state index >= 15 is 0 Å². The number of aromatic nitrogens is 1. The smallest absolute Gasteiger partial charge is 0.254 e. The summed E-state index contributed by atoms with van der Waals surface area (Å²) in [6, 6.07) is 1.83. The predicted octanol–water partition coefficient (Wildman–Crippen LogP) is 3.63. The van der Waals surface area contributed by atoms with Gasteiger partial charge in [0.05, 0.1) is 15.0 Å². The molecule has 9 heteroatoms. The number of halogens is 4. The Bertz CT molecular complexity index is 716. The van der Waals surface area contributed by atoms with Gasteiger partial charge < -0.3 is 0 Å². The Balaban J connectivity index is 3.23. The maximum Gasteiger partial charge on any atom is 0.355 e. The van der Waals surface area contributed by atoms with Crippen molar-refractivity contribution in [3.05, 3.63) is 42.2 Å². The second-order valence-electron chi connectivity index (χ2n) is 4.57. The molecule has 4 nitrogen and oxygen atoms in total. The van der Waals surface area contributed by atoms with Crippen molar-refractivity contribution in [2.24, 2.45) is 4.36 Å². The lowest BCUT2D eigenvalue weighted by Gasteiger charge is -2.23. The van der Waals surface area contributed by atoms with Crippen molar-refractivity contribution in [1.29, 1.82) is 5.26 Å². The lowest BCUT2D eigenvalue weighted by atomic mass is 10.1. The topological polar surface area (TPSA) is 66.1 Å². The number of hydrogen-bond donors (Lipinski definition) is 0. The molecule has 2 unspecified atom stereocenters. The Morgan fingerprint density at radius 1 is 1.45 bits per heavy atom. The molecule has 1 aromatic heterocycles. The predicted molar refractivity (Wildman–Crippen MR) is 73.8 cm³/mol. The highest BCUT2D eigenvalue weighted by Gasteiger charge is 2.56. The summed E-state index contributed by atoms with van der Waals surface area (Å²) in [4.78, 5) is 3.33. The van der Waals surface area contributed by atoms with Gasteiger partial charge >= 0.3 is 11.8 Å². The summed E-state index contributed by atoms with van der Waals surface area (Å²) < 4.78 is 68.9. The zero-order valence-corrected chi connectivity index (χ0v) is 12.6. The summed E-state index contributed by atoms with van der Waals surface area (Å²) >= 11 is 0. The van der Waals surface area contributed by atoms with Gasteiger partial charge in [0.15, 0.2) is 0 Å². The lowest BCUT2D eigenvalue weighted by Crippen LogP contribution is -2.36. The Labute approximate surface area is 125 Å². The molecule has 0 spiro atoms. The number of allylic oxidation sites excluding steroid dienone is 1. The number of pyridine rings is 1. The largest absolute Gasteiger partial charge is 0.355 e. The van der Waals surface area contributed by atoms with E-state index in [2.05, 4.69) is 15.9 Å². The highest BCUT2D eigenvalue weighted by Crippen LogP contribution is 2.42. The van der Waals surface area contributed by atoms with Gasteiger partial charge in [-0.25, -0.2) is 4.21 Å². The first-order valence-electron chi connectivity index (χ1n) is 5.94. The van der Waals surface area contributed by atoms with Crippen molar-refractivity contribution in [3.8, 4) is 6.19 Å². The first-order valence-corrected chi connectivity index (χ1v) is 7.93. The van der Waals surface area contributed by atoms with Crippen molar-refractivity contribution in [2.45, 2.75) is 24.0 Å². The van der Waals surface area contributed by atoms with Gasteiger partial charge in [-0.05, 0) is 24.6 Å². The molecule has 0 aliphatic rings. The summed E-state index contributed by atoms with van der Waals surface area (Å²) in [6.45, 7) is 4.15. The van der Waals surface area contributed by atoms with E-state index in [0.717, 1.165) is 18.3 Å². The van der Waals surface area contributed by atoms with Crippen LogP contribution < -0.4 is 0 Å². The highest BCUT2D eigenvalue weighted by molar-refractivity contribution is 7.93. The van der Waals surface area contributed by atoms with Crippen LogP contribution in [-0.4, -0.2) is 21.4 Å². The van der Waals surface area contributed by atoms with Crippen LogP contribution in [0.5, 0.6) is 0 Å². The Morgan fingerprint density at radius 3 is 2.45 bits per heavy atom. The number of rotatable bonds is 5. The van der Waals surface area contributed by atoms with Crippen LogP contribution in [0.1, 0.15) is 23.4 Å². The highest BCUT2D eigenvalue weighted by atomic mass is 32.2. The molecule has 120 valence electrons. The van der Waals surface area contributed by atoms with E-state index in [9.17, 15) is 21.8 Å². The van der Waals surface area contributed by atoms with E-state index in [1.807, 2.05) is 0 Å². The summed E-state index contributed by atoms with van der Waals surface area (Å²) in [7, 11) is -2.92. The molecule has 0 bridgehead atoms. The van der Waals surface area contributed by atoms with E-state index in [0.29, 0.717) is 0 Å². The van der Waals surface area contributed by atoms with E-state index in [1.54, 1.807) is 0 Å². The summed E-state index contributed by atoms with van der Waals surface area (Å²) in [5.41, 5.74) is -0.888. The minimum absolute atomic E-state index is 0.143. The molecule has 1 rings (SSSR count). The maximum atomic E-state index is 13.6. The number of alkyl halides is 4. The van der Waals surface area contributed by atoms with Crippen molar-refractivity contribution in [3.63, 3.8) is 0 Å². The zero-order valence-electron chi connectivity index (χ0n) is 11.8. The molecule has 1 aromatic rings. The molecule has 0 N–H and O–H groups in total. The first-order chi connectivity index (χ1) is 9.99. The molecule has 0 aliphatic carbocycles. The molecule has 1 heterocycles. The molecule has 0 radical (unpaired) electrons. The summed E-state index contributed by atoms with van der Waals surface area (Å²) in [6.07, 6.45) is 3.43. The average Bonchev–Trinajstić information content (AvgIpc) is 2.46. The van der Waals surface area contributed by atoms with Crippen molar-refractivity contribution in [2.75, 3.05) is 6.26 Å². The molecule has 0 aromatic carbocycles. The third-order valence-corrected chi connectivity index (χ3v) is 5.16. The maximum absolute atomic E-state index is 13.6. The summed E-state index contributed by atoms with van der Waals surface area (Å²) in [5.74, 6) is -8.96. The Morgan fingerprint density at radius 2 is 2.05 bits per heavy atom. The number of hydrogen-bond acceptors (Lipinski definition) is 4. The Hall–Kier alpha value is -1.95. The third-order valence-electron chi connectivity index (χ3n) is 3.13. The van der Waals surface area contributed by atoms with E-state index in [4.69, 9.17) is 5.26 Å². The molecular weight excluding hydrogens is 322 g/mol. The van der Waals surface area contributed by atoms with Gasteiger partial charge in [-0.15, -0.1) is 4.36 Å². The lowest BCUT2D eigenvalue weighted by molar-refractivity contribution is -0.188. The van der Waals surface area contributed by atoms with Crippen LogP contribution in [0.3, 0.4) is 0 Å². The molecule has 0 saturated heterocycles. The Kier molecular flexibility index (Phi) is 4.97. The zero-order chi connectivity index (χ0) is 17.2. The minimum atomic E-state index is -4.51. The molecule has 0 amide bonds. The average molecular weight is 335 g/mol. The monoisotopic (exact) mass is 335 g/mol. The molecule has 22 heavy (non-hydrogen) atoms. The van der Waals surface area contributed by atoms with Crippen LogP contribution >= 0.6 is 0 Å². The van der Waals surface area contributed by atoms with Crippen LogP contribution in [-0.2, 0) is 15.7 Å². The van der Waals surface area contributed by atoms with Crippen LogP contribution in [0.2, 0.25) is 0 Å². The quantitative estimate of drug-likeness (QED) is 0.469. The van der Waals surface area contributed by atoms with Crippen molar-refractivity contribution >= 4 is 9.73 Å². The second-order valence-corrected chi connectivity index (χ2v) is 7.18. The third kappa shape index (κ3) is 3.27. The number of nitrogens with zero attached hydrogens (tertiary/aromatic N) is 3. The normalized spacial score (nSPS) is 16.2. The van der Waals surface area contributed by atoms with Gasteiger partial charge in [0.2, 0.25) is 6.19 Å². The SMILES string of the molecule is C=CC(F)(F)C(F)(F)c1ccc(C(C)S(C)(=O)=NC#N)cn1. The van der Waals surface area contributed by atoms with Gasteiger partial charge in [-0.3, -0.25) is 4.98 Å². The van der Waals surface area contributed by atoms with Gasteiger partial charge in [-0.2, -0.15) is 22.8 Å². The molecule has 2 atom stereocenters. The standard InChI is InChI=1S/C13H13F4N3OS/c1-4-12(14,15)13(16,17)11-6-5-10(7-19-11)9(2)22(3,21)20-8-18/h4-7,9H,1H2,2-3H3.